The Bertz CT molecular complexity index is 656. The van der Waals surface area contributed by atoms with E-state index in [1.807, 2.05) is 6.08 Å². The molecule has 1 amide bonds. The second kappa shape index (κ2) is 8.44. The Balaban J connectivity index is 1.72. The topological polar surface area (TPSA) is 38.3 Å². The molecule has 1 aromatic rings. The third-order valence-corrected chi connectivity index (χ3v) is 3.59. The van der Waals surface area contributed by atoms with E-state index in [2.05, 4.69) is 23.2 Å². The van der Waals surface area contributed by atoms with Gasteiger partial charge in [-0.1, -0.05) is 30.1 Å². The van der Waals surface area contributed by atoms with Crippen LogP contribution in [-0.2, 0) is 11.0 Å². The standard InChI is InChI=1S/C18H18F3NO2/c19-18(20,21)15-9-6-10-16(13-15)24-12-5-4-11-22-17(23)14-7-2-1-3-8-14/h1-2,6,9-10,13-14H,3,7-8,11-12H2,(H,22,23). The maximum absolute atomic E-state index is 12.6. The maximum Gasteiger partial charge on any atom is 0.416 e. The fourth-order valence-corrected chi connectivity index (χ4v) is 2.30. The summed E-state index contributed by atoms with van der Waals surface area (Å²) in [5, 5.41) is 2.73. The fraction of sp³-hybridized carbons (Fsp3) is 0.389. The molecular weight excluding hydrogens is 319 g/mol. The zero-order valence-electron chi connectivity index (χ0n) is 13.0. The number of allylic oxidation sites excluding steroid dienone is 2. The molecule has 0 radical (unpaired) electrons. The van der Waals surface area contributed by atoms with Gasteiger partial charge in [0.15, 0.2) is 0 Å². The van der Waals surface area contributed by atoms with E-state index >= 15 is 0 Å². The van der Waals surface area contributed by atoms with E-state index in [1.165, 1.54) is 12.1 Å². The Morgan fingerprint density at radius 2 is 2.12 bits per heavy atom. The Morgan fingerprint density at radius 1 is 1.29 bits per heavy atom. The molecule has 0 saturated carbocycles. The van der Waals surface area contributed by atoms with E-state index in [0.717, 1.165) is 31.4 Å². The van der Waals surface area contributed by atoms with Gasteiger partial charge < -0.3 is 10.1 Å². The highest BCUT2D eigenvalue weighted by Crippen LogP contribution is 2.31. The summed E-state index contributed by atoms with van der Waals surface area (Å²) in [7, 11) is 0. The highest BCUT2D eigenvalue weighted by Gasteiger charge is 2.30. The van der Waals surface area contributed by atoms with Gasteiger partial charge in [-0.15, -0.1) is 0 Å². The third kappa shape index (κ3) is 5.65. The van der Waals surface area contributed by atoms with Crippen molar-refractivity contribution in [2.75, 3.05) is 13.2 Å². The molecule has 0 aromatic heterocycles. The summed E-state index contributed by atoms with van der Waals surface area (Å²) >= 11 is 0. The monoisotopic (exact) mass is 337 g/mol. The van der Waals surface area contributed by atoms with E-state index in [-0.39, 0.29) is 30.7 Å². The first kappa shape index (κ1) is 17.9. The lowest BCUT2D eigenvalue weighted by molar-refractivity contribution is -0.137. The smallest absolute Gasteiger partial charge is 0.416 e. The molecule has 0 aliphatic heterocycles. The highest BCUT2D eigenvalue weighted by molar-refractivity contribution is 5.79. The minimum absolute atomic E-state index is 0.00171. The van der Waals surface area contributed by atoms with E-state index in [1.54, 1.807) is 0 Å². The molecule has 24 heavy (non-hydrogen) atoms. The number of nitrogens with one attached hydrogen (secondary N) is 1. The van der Waals surface area contributed by atoms with Crippen LogP contribution < -0.4 is 10.1 Å². The van der Waals surface area contributed by atoms with Crippen molar-refractivity contribution < 1.29 is 22.7 Å². The number of ether oxygens (including phenoxy) is 1. The molecule has 0 heterocycles. The first-order valence-electron chi connectivity index (χ1n) is 7.65. The van der Waals surface area contributed by atoms with E-state index in [4.69, 9.17) is 4.74 Å². The predicted octanol–water partition coefficient (Wildman–Crippen LogP) is 3.56. The Labute approximate surface area is 138 Å². The number of rotatable bonds is 4. The largest absolute Gasteiger partial charge is 0.481 e. The van der Waals surface area contributed by atoms with Gasteiger partial charge in [0.25, 0.3) is 0 Å². The average Bonchev–Trinajstić information content (AvgIpc) is 2.58. The summed E-state index contributed by atoms with van der Waals surface area (Å²) < 4.78 is 42.8. The normalized spacial score (nSPS) is 16.9. The second-order valence-corrected chi connectivity index (χ2v) is 5.37. The third-order valence-electron chi connectivity index (χ3n) is 3.59. The van der Waals surface area contributed by atoms with Crippen molar-refractivity contribution >= 4 is 5.91 Å². The number of hydrogen-bond acceptors (Lipinski definition) is 2. The first-order valence-corrected chi connectivity index (χ1v) is 7.65. The fourth-order valence-electron chi connectivity index (χ4n) is 2.30. The molecule has 0 spiro atoms. The van der Waals surface area contributed by atoms with Crippen molar-refractivity contribution in [1.29, 1.82) is 0 Å². The molecule has 2 rings (SSSR count). The minimum Gasteiger partial charge on any atom is -0.481 e. The molecule has 6 heteroatoms. The van der Waals surface area contributed by atoms with Gasteiger partial charge in [-0.2, -0.15) is 13.2 Å². The molecular formula is C18H18F3NO2. The lowest BCUT2D eigenvalue weighted by Gasteiger charge is -2.16. The van der Waals surface area contributed by atoms with Crippen LogP contribution in [-0.4, -0.2) is 19.1 Å². The lowest BCUT2D eigenvalue weighted by Crippen LogP contribution is -2.31. The quantitative estimate of drug-likeness (QED) is 0.674. The van der Waals surface area contributed by atoms with Crippen molar-refractivity contribution in [3.8, 4) is 17.6 Å². The molecule has 0 saturated heterocycles. The van der Waals surface area contributed by atoms with Crippen LogP contribution in [0, 0.1) is 17.8 Å². The molecule has 1 aliphatic carbocycles. The van der Waals surface area contributed by atoms with Gasteiger partial charge in [-0.05, 0) is 37.5 Å². The lowest BCUT2D eigenvalue weighted by atomic mass is 9.94. The minimum atomic E-state index is -4.40. The van der Waals surface area contributed by atoms with Gasteiger partial charge in [-0.25, -0.2) is 0 Å². The summed E-state index contributed by atoms with van der Waals surface area (Å²) in [4.78, 5) is 11.8. The molecule has 1 aromatic carbocycles. The summed E-state index contributed by atoms with van der Waals surface area (Å²) in [5.41, 5.74) is -0.762. The van der Waals surface area contributed by atoms with Crippen molar-refractivity contribution in [1.82, 2.24) is 5.32 Å². The summed E-state index contributed by atoms with van der Waals surface area (Å²) in [6, 6.07) is 4.63. The van der Waals surface area contributed by atoms with E-state index in [9.17, 15) is 18.0 Å². The molecule has 0 bridgehead atoms. The zero-order valence-corrected chi connectivity index (χ0v) is 13.0. The molecule has 128 valence electrons. The van der Waals surface area contributed by atoms with Crippen LogP contribution in [0.25, 0.3) is 0 Å². The van der Waals surface area contributed by atoms with Crippen LogP contribution in [0.1, 0.15) is 24.8 Å². The molecule has 3 nitrogen and oxygen atoms in total. The number of carbonyl (C=O) groups is 1. The zero-order chi connectivity index (χ0) is 17.4. The summed E-state index contributed by atoms with van der Waals surface area (Å²) in [6.45, 7) is 0.161. The van der Waals surface area contributed by atoms with Gasteiger partial charge >= 0.3 is 6.18 Å². The van der Waals surface area contributed by atoms with Gasteiger partial charge in [0.2, 0.25) is 5.91 Å². The second-order valence-electron chi connectivity index (χ2n) is 5.37. The highest BCUT2D eigenvalue weighted by atomic mass is 19.4. The number of alkyl halides is 3. The van der Waals surface area contributed by atoms with Crippen LogP contribution in [0.4, 0.5) is 13.2 Å². The molecule has 1 aliphatic rings. The first-order chi connectivity index (χ1) is 11.5. The predicted molar refractivity (Wildman–Crippen MR) is 84.2 cm³/mol. The van der Waals surface area contributed by atoms with Crippen molar-refractivity contribution in [2.24, 2.45) is 5.92 Å². The van der Waals surface area contributed by atoms with E-state index in [0.29, 0.717) is 0 Å². The molecule has 1 atom stereocenters. The van der Waals surface area contributed by atoms with Crippen molar-refractivity contribution in [3.63, 3.8) is 0 Å². The maximum atomic E-state index is 12.6. The Kier molecular flexibility index (Phi) is 6.30. The number of halogens is 3. The van der Waals surface area contributed by atoms with Gasteiger partial charge in [0.05, 0.1) is 12.1 Å². The van der Waals surface area contributed by atoms with Gasteiger partial charge in [0.1, 0.15) is 12.4 Å². The number of hydrogen-bond donors (Lipinski definition) is 1. The Hall–Kier alpha value is -2.42. The van der Waals surface area contributed by atoms with Crippen molar-refractivity contribution in [3.05, 3.63) is 42.0 Å². The average molecular weight is 337 g/mol. The van der Waals surface area contributed by atoms with Crippen LogP contribution >= 0.6 is 0 Å². The van der Waals surface area contributed by atoms with Crippen LogP contribution in [0.3, 0.4) is 0 Å². The van der Waals surface area contributed by atoms with Crippen LogP contribution in [0.2, 0.25) is 0 Å². The van der Waals surface area contributed by atoms with Gasteiger partial charge in [0, 0.05) is 5.92 Å². The molecule has 1 N–H and O–H groups in total. The van der Waals surface area contributed by atoms with E-state index < -0.39 is 11.7 Å². The van der Waals surface area contributed by atoms with Crippen molar-refractivity contribution in [2.45, 2.75) is 25.4 Å². The summed E-state index contributed by atoms with van der Waals surface area (Å²) in [6.07, 6.45) is 2.17. The summed E-state index contributed by atoms with van der Waals surface area (Å²) in [5.74, 6) is 5.48. The number of benzene rings is 1. The SMILES string of the molecule is O=C(NCC#CCOc1cccc(C(F)(F)F)c1)C1CC=CCC1. The molecule has 1 unspecified atom stereocenters. The number of amides is 1. The van der Waals surface area contributed by atoms with Crippen LogP contribution in [0.5, 0.6) is 5.75 Å². The number of carbonyl (C=O) groups excluding carboxylic acids is 1. The Morgan fingerprint density at radius 3 is 2.83 bits per heavy atom. The van der Waals surface area contributed by atoms with Crippen LogP contribution in [0.15, 0.2) is 36.4 Å². The molecule has 0 fully saturated rings. The van der Waals surface area contributed by atoms with Gasteiger partial charge in [-0.3, -0.25) is 4.79 Å².